The number of thiophene rings is 1. The number of fused-ring (bicyclic) bond motifs is 3. The van der Waals surface area contributed by atoms with Crippen molar-refractivity contribution >= 4 is 39.1 Å². The predicted molar refractivity (Wildman–Crippen MR) is 116 cm³/mol. The van der Waals surface area contributed by atoms with Crippen LogP contribution >= 0.6 is 11.3 Å². The number of amides is 1. The Balaban J connectivity index is 1.42. The highest BCUT2D eigenvalue weighted by molar-refractivity contribution is 7.18. The molecule has 7 nitrogen and oxygen atoms in total. The zero-order chi connectivity index (χ0) is 21.1. The first kappa shape index (κ1) is 20.3. The van der Waals surface area contributed by atoms with Crippen molar-refractivity contribution in [3.8, 4) is 0 Å². The molecule has 1 aromatic carbocycles. The maximum atomic E-state index is 12.9. The fourth-order valence-corrected chi connectivity index (χ4v) is 4.79. The van der Waals surface area contributed by atoms with Crippen LogP contribution in [0.5, 0.6) is 0 Å². The Bertz CT molecular complexity index is 1150. The molecule has 0 radical (unpaired) electrons. The largest absolute Gasteiger partial charge is 0.462 e. The molecular formula is C22H23N3O4S. The number of nitrogens with zero attached hydrogens (tertiary/aromatic N) is 2. The van der Waals surface area contributed by atoms with Crippen LogP contribution in [0.4, 0.5) is 5.69 Å². The first-order valence-corrected chi connectivity index (χ1v) is 10.9. The Morgan fingerprint density at radius 2 is 2.03 bits per heavy atom. The molecule has 0 aliphatic heterocycles. The van der Waals surface area contributed by atoms with Crippen molar-refractivity contribution in [1.29, 1.82) is 0 Å². The summed E-state index contributed by atoms with van der Waals surface area (Å²) in [4.78, 5) is 43.6. The fraction of sp³-hybridized carbons (Fsp3) is 0.364. The molecule has 0 saturated carbocycles. The van der Waals surface area contributed by atoms with Crippen LogP contribution in [-0.2, 0) is 28.9 Å². The molecular weight excluding hydrogens is 402 g/mol. The Morgan fingerprint density at radius 1 is 1.23 bits per heavy atom. The van der Waals surface area contributed by atoms with Crippen molar-refractivity contribution < 1.29 is 14.3 Å². The zero-order valence-electron chi connectivity index (χ0n) is 16.8. The second-order valence-electron chi connectivity index (χ2n) is 7.33. The molecule has 1 aliphatic carbocycles. The summed E-state index contributed by atoms with van der Waals surface area (Å²) in [7, 11) is 0. The zero-order valence-corrected chi connectivity index (χ0v) is 17.6. The minimum atomic E-state index is -0.379. The highest BCUT2D eigenvalue weighted by Crippen LogP contribution is 2.34. The van der Waals surface area contributed by atoms with E-state index in [0.717, 1.165) is 42.5 Å². The van der Waals surface area contributed by atoms with Gasteiger partial charge < -0.3 is 10.1 Å². The topological polar surface area (TPSA) is 90.3 Å². The van der Waals surface area contributed by atoms with Crippen LogP contribution in [-0.4, -0.2) is 28.0 Å². The van der Waals surface area contributed by atoms with Gasteiger partial charge in [0, 0.05) is 10.6 Å². The minimum absolute atomic E-state index is 0.118. The molecule has 0 unspecified atom stereocenters. The predicted octanol–water partition coefficient (Wildman–Crippen LogP) is 3.54. The molecule has 4 rings (SSSR count). The normalized spacial score (nSPS) is 12.7. The van der Waals surface area contributed by atoms with Gasteiger partial charge in [0.15, 0.2) is 0 Å². The Morgan fingerprint density at radius 3 is 2.80 bits per heavy atom. The lowest BCUT2D eigenvalue weighted by atomic mass is 10.2. The molecule has 2 aromatic heterocycles. The number of aryl methyl sites for hydroxylation is 2. The van der Waals surface area contributed by atoms with Crippen LogP contribution in [0.3, 0.4) is 0 Å². The number of nitrogens with one attached hydrogen (secondary N) is 1. The standard InChI is InChI=1S/C22H23N3O4S/c1-2-3-11-29-22(28)14-7-9-15(10-8-14)24-18(26)12-25-13-23-20-19(21(25)27)16-5-4-6-17(16)30-20/h7-10,13H,2-6,11-12H2,1H3,(H,24,26). The van der Waals surface area contributed by atoms with Gasteiger partial charge in [0.05, 0.1) is 23.9 Å². The van der Waals surface area contributed by atoms with Crippen molar-refractivity contribution in [2.24, 2.45) is 0 Å². The molecule has 1 N–H and O–H groups in total. The number of benzene rings is 1. The first-order valence-electron chi connectivity index (χ1n) is 10.1. The molecule has 1 amide bonds. The Labute approximate surface area is 177 Å². The molecule has 2 heterocycles. The lowest BCUT2D eigenvalue weighted by molar-refractivity contribution is -0.116. The highest BCUT2D eigenvalue weighted by atomic mass is 32.1. The van der Waals surface area contributed by atoms with Gasteiger partial charge in [-0.25, -0.2) is 9.78 Å². The van der Waals surface area contributed by atoms with E-state index in [9.17, 15) is 14.4 Å². The van der Waals surface area contributed by atoms with E-state index in [1.54, 1.807) is 35.6 Å². The van der Waals surface area contributed by atoms with Gasteiger partial charge in [0.25, 0.3) is 5.56 Å². The smallest absolute Gasteiger partial charge is 0.338 e. The molecule has 0 saturated heterocycles. The summed E-state index contributed by atoms with van der Waals surface area (Å²) >= 11 is 1.58. The van der Waals surface area contributed by atoms with E-state index in [1.165, 1.54) is 15.8 Å². The molecule has 30 heavy (non-hydrogen) atoms. The second-order valence-corrected chi connectivity index (χ2v) is 8.41. The molecule has 156 valence electrons. The maximum Gasteiger partial charge on any atom is 0.338 e. The van der Waals surface area contributed by atoms with E-state index in [2.05, 4.69) is 10.3 Å². The van der Waals surface area contributed by atoms with Crippen molar-refractivity contribution in [1.82, 2.24) is 9.55 Å². The average Bonchev–Trinajstić information content (AvgIpc) is 3.32. The Kier molecular flexibility index (Phi) is 5.94. The molecule has 0 bridgehead atoms. The van der Waals surface area contributed by atoms with Gasteiger partial charge in [-0.2, -0.15) is 0 Å². The number of anilines is 1. The molecule has 0 fully saturated rings. The van der Waals surface area contributed by atoms with Gasteiger partial charge >= 0.3 is 5.97 Å². The van der Waals surface area contributed by atoms with Gasteiger partial charge in [0.1, 0.15) is 11.4 Å². The summed E-state index contributed by atoms with van der Waals surface area (Å²) < 4.78 is 6.52. The van der Waals surface area contributed by atoms with Crippen LogP contribution in [0, 0.1) is 0 Å². The molecule has 3 aromatic rings. The third-order valence-electron chi connectivity index (χ3n) is 5.14. The minimum Gasteiger partial charge on any atom is -0.462 e. The summed E-state index contributed by atoms with van der Waals surface area (Å²) in [5.74, 6) is -0.709. The van der Waals surface area contributed by atoms with Crippen molar-refractivity contribution in [3.63, 3.8) is 0 Å². The van der Waals surface area contributed by atoms with E-state index in [1.807, 2.05) is 6.92 Å². The first-order chi connectivity index (χ1) is 14.6. The van der Waals surface area contributed by atoms with Gasteiger partial charge in [-0.05, 0) is 55.5 Å². The van der Waals surface area contributed by atoms with Gasteiger partial charge in [-0.3, -0.25) is 14.2 Å². The second kappa shape index (κ2) is 8.79. The fourth-order valence-electron chi connectivity index (χ4n) is 3.57. The third-order valence-corrected chi connectivity index (χ3v) is 6.34. The van der Waals surface area contributed by atoms with Crippen molar-refractivity contribution in [2.45, 2.75) is 45.6 Å². The van der Waals surface area contributed by atoms with Crippen molar-refractivity contribution in [2.75, 3.05) is 11.9 Å². The van der Waals surface area contributed by atoms with E-state index in [-0.39, 0.29) is 24.0 Å². The third kappa shape index (κ3) is 4.14. The van der Waals surface area contributed by atoms with Gasteiger partial charge in [0.2, 0.25) is 5.91 Å². The van der Waals surface area contributed by atoms with Crippen LogP contribution in [0.1, 0.15) is 47.0 Å². The average molecular weight is 426 g/mol. The van der Waals surface area contributed by atoms with E-state index in [4.69, 9.17) is 4.74 Å². The van der Waals surface area contributed by atoms with Crippen molar-refractivity contribution in [3.05, 3.63) is 57.0 Å². The molecule has 0 atom stereocenters. The van der Waals surface area contributed by atoms with E-state index >= 15 is 0 Å². The SMILES string of the molecule is CCCCOC(=O)c1ccc(NC(=O)Cn2cnc3sc4c(c3c2=O)CCC4)cc1. The molecule has 8 heteroatoms. The number of hydrogen-bond donors (Lipinski definition) is 1. The lowest BCUT2D eigenvalue weighted by Crippen LogP contribution is -2.28. The quantitative estimate of drug-likeness (QED) is 0.462. The number of unbranched alkanes of at least 4 members (excludes halogenated alkanes) is 1. The number of rotatable bonds is 7. The van der Waals surface area contributed by atoms with Crippen LogP contribution in [0.15, 0.2) is 35.4 Å². The highest BCUT2D eigenvalue weighted by Gasteiger charge is 2.21. The van der Waals surface area contributed by atoms with E-state index in [0.29, 0.717) is 23.2 Å². The summed E-state index contributed by atoms with van der Waals surface area (Å²) in [6.45, 7) is 2.31. The number of esters is 1. The van der Waals surface area contributed by atoms with Gasteiger partial charge in [-0.15, -0.1) is 11.3 Å². The number of carbonyl (C=O) groups excluding carboxylic acids is 2. The van der Waals surface area contributed by atoms with Crippen LogP contribution < -0.4 is 10.9 Å². The summed E-state index contributed by atoms with van der Waals surface area (Å²) in [6, 6.07) is 6.51. The number of ether oxygens (including phenoxy) is 1. The van der Waals surface area contributed by atoms with E-state index < -0.39 is 0 Å². The number of aromatic nitrogens is 2. The number of hydrogen-bond acceptors (Lipinski definition) is 6. The van der Waals surface area contributed by atoms with Crippen LogP contribution in [0.2, 0.25) is 0 Å². The molecule has 0 spiro atoms. The van der Waals surface area contributed by atoms with Crippen LogP contribution in [0.25, 0.3) is 10.2 Å². The lowest BCUT2D eigenvalue weighted by Gasteiger charge is -2.08. The number of carbonyl (C=O) groups is 2. The summed E-state index contributed by atoms with van der Waals surface area (Å²) in [5, 5.41) is 3.42. The maximum absolute atomic E-state index is 12.9. The molecule has 1 aliphatic rings. The Hall–Kier alpha value is -3.00. The monoisotopic (exact) mass is 425 g/mol. The van der Waals surface area contributed by atoms with Gasteiger partial charge in [-0.1, -0.05) is 13.3 Å². The summed E-state index contributed by atoms with van der Waals surface area (Å²) in [5.41, 5.74) is 1.91. The summed E-state index contributed by atoms with van der Waals surface area (Å²) in [6.07, 6.45) is 6.18.